The van der Waals surface area contributed by atoms with Crippen molar-refractivity contribution in [1.29, 1.82) is 0 Å². The second-order valence-corrected chi connectivity index (χ2v) is 6.61. The van der Waals surface area contributed by atoms with Gasteiger partial charge >= 0.3 is 0 Å². The molecule has 1 heterocycles. The van der Waals surface area contributed by atoms with Crippen LogP contribution in [0.4, 0.5) is 0 Å². The van der Waals surface area contributed by atoms with Gasteiger partial charge in [-0.2, -0.15) is 0 Å². The van der Waals surface area contributed by atoms with E-state index in [9.17, 15) is 0 Å². The van der Waals surface area contributed by atoms with Gasteiger partial charge in [0.05, 0.1) is 17.8 Å². The van der Waals surface area contributed by atoms with Gasteiger partial charge in [0.1, 0.15) is 5.01 Å². The molecule has 0 radical (unpaired) electrons. The van der Waals surface area contributed by atoms with Crippen molar-refractivity contribution in [3.05, 3.63) is 41.4 Å². The zero-order valence-corrected chi connectivity index (χ0v) is 14.9. The van der Waals surface area contributed by atoms with E-state index in [2.05, 4.69) is 38.1 Å². The van der Waals surface area contributed by atoms with Crippen LogP contribution in [0.25, 0.3) is 10.6 Å². The van der Waals surface area contributed by atoms with Crippen molar-refractivity contribution in [3.8, 4) is 10.6 Å². The maximum Gasteiger partial charge on any atom is 0.191 e. The number of hydrogen-bond acceptors (Lipinski definition) is 4. The fourth-order valence-corrected chi connectivity index (χ4v) is 2.69. The summed E-state index contributed by atoms with van der Waals surface area (Å²) in [6.07, 6.45) is 0. The molecule has 0 amide bonds. The van der Waals surface area contributed by atoms with Gasteiger partial charge in [0, 0.05) is 31.6 Å². The SMILES string of the molecule is CN=C(NCc1csc(-c2ccccc2)n1)NCC(C)(C)OC. The van der Waals surface area contributed by atoms with E-state index in [1.807, 2.05) is 32.0 Å². The van der Waals surface area contributed by atoms with Gasteiger partial charge in [-0.1, -0.05) is 30.3 Å². The van der Waals surface area contributed by atoms with Gasteiger partial charge in [-0.15, -0.1) is 11.3 Å². The summed E-state index contributed by atoms with van der Waals surface area (Å²) < 4.78 is 5.39. The minimum Gasteiger partial charge on any atom is -0.377 e. The summed E-state index contributed by atoms with van der Waals surface area (Å²) in [5.41, 5.74) is 1.91. The molecule has 0 fully saturated rings. The molecule has 0 aliphatic rings. The lowest BCUT2D eigenvalue weighted by Crippen LogP contribution is -2.45. The minimum atomic E-state index is -0.237. The van der Waals surface area contributed by atoms with Crippen LogP contribution in [0, 0.1) is 0 Å². The lowest BCUT2D eigenvalue weighted by atomic mass is 10.1. The Kier molecular flexibility index (Phi) is 6.12. The molecule has 1 aromatic carbocycles. The molecule has 23 heavy (non-hydrogen) atoms. The first-order valence-electron chi connectivity index (χ1n) is 7.53. The normalized spacial score (nSPS) is 12.3. The fraction of sp³-hybridized carbons (Fsp3) is 0.412. The number of aliphatic imine (C=N–C) groups is 1. The number of hydrogen-bond donors (Lipinski definition) is 2. The maximum atomic E-state index is 5.39. The minimum absolute atomic E-state index is 0.237. The van der Waals surface area contributed by atoms with E-state index in [1.54, 1.807) is 25.5 Å². The highest BCUT2D eigenvalue weighted by Gasteiger charge is 2.16. The highest BCUT2D eigenvalue weighted by Crippen LogP contribution is 2.23. The lowest BCUT2D eigenvalue weighted by molar-refractivity contribution is 0.0268. The van der Waals surface area contributed by atoms with Gasteiger partial charge in [-0.3, -0.25) is 4.99 Å². The summed E-state index contributed by atoms with van der Waals surface area (Å²) in [7, 11) is 3.46. The zero-order valence-electron chi connectivity index (χ0n) is 14.1. The van der Waals surface area contributed by atoms with Crippen LogP contribution in [0.15, 0.2) is 40.7 Å². The first kappa shape index (κ1) is 17.4. The summed E-state index contributed by atoms with van der Waals surface area (Å²) in [6, 6.07) is 10.2. The van der Waals surface area contributed by atoms with E-state index in [0.29, 0.717) is 13.1 Å². The molecule has 0 saturated heterocycles. The van der Waals surface area contributed by atoms with E-state index < -0.39 is 0 Å². The Balaban J connectivity index is 1.89. The van der Waals surface area contributed by atoms with Crippen molar-refractivity contribution in [1.82, 2.24) is 15.6 Å². The Morgan fingerprint density at radius 3 is 2.65 bits per heavy atom. The van der Waals surface area contributed by atoms with Gasteiger partial charge in [-0.25, -0.2) is 4.98 Å². The summed E-state index contributed by atoms with van der Waals surface area (Å²) in [5.74, 6) is 0.740. The predicted octanol–water partition coefficient (Wildman–Crippen LogP) is 2.90. The van der Waals surface area contributed by atoms with Crippen LogP contribution in [0.1, 0.15) is 19.5 Å². The number of thiazole rings is 1. The summed E-state index contributed by atoms with van der Waals surface area (Å²) >= 11 is 1.65. The van der Waals surface area contributed by atoms with E-state index in [-0.39, 0.29) is 5.60 Å². The third-order valence-electron chi connectivity index (χ3n) is 3.47. The van der Waals surface area contributed by atoms with Crippen molar-refractivity contribution >= 4 is 17.3 Å². The Morgan fingerprint density at radius 2 is 2.00 bits per heavy atom. The van der Waals surface area contributed by atoms with E-state index >= 15 is 0 Å². The monoisotopic (exact) mass is 332 g/mol. The Bertz CT molecular complexity index is 637. The van der Waals surface area contributed by atoms with Crippen molar-refractivity contribution < 1.29 is 4.74 Å². The van der Waals surface area contributed by atoms with Crippen molar-refractivity contribution in [2.45, 2.75) is 26.0 Å². The third-order valence-corrected chi connectivity index (χ3v) is 4.41. The van der Waals surface area contributed by atoms with E-state index in [1.165, 1.54) is 0 Å². The van der Waals surface area contributed by atoms with Crippen LogP contribution in [0.3, 0.4) is 0 Å². The molecule has 0 unspecified atom stereocenters. The second kappa shape index (κ2) is 8.08. The standard InChI is InChI=1S/C17H24N4OS/c1-17(2,22-4)12-20-16(18-3)19-10-14-11-23-15(21-14)13-8-6-5-7-9-13/h5-9,11H,10,12H2,1-4H3,(H2,18,19,20). The molecule has 0 aliphatic heterocycles. The first-order valence-corrected chi connectivity index (χ1v) is 8.41. The van der Waals surface area contributed by atoms with E-state index in [0.717, 1.165) is 22.2 Å². The molecule has 0 aliphatic carbocycles. The molecule has 0 saturated carbocycles. The lowest BCUT2D eigenvalue weighted by Gasteiger charge is -2.24. The smallest absolute Gasteiger partial charge is 0.191 e. The molecular formula is C17H24N4OS. The highest BCUT2D eigenvalue weighted by molar-refractivity contribution is 7.13. The molecule has 2 rings (SSSR count). The average Bonchev–Trinajstić information content (AvgIpc) is 3.05. The molecule has 2 N–H and O–H groups in total. The summed E-state index contributed by atoms with van der Waals surface area (Å²) in [4.78, 5) is 8.88. The van der Waals surface area contributed by atoms with Crippen molar-refractivity contribution in [3.63, 3.8) is 0 Å². The Labute approximate surface area is 141 Å². The van der Waals surface area contributed by atoms with Gasteiger partial charge in [0.15, 0.2) is 5.96 Å². The highest BCUT2D eigenvalue weighted by atomic mass is 32.1. The molecule has 1 aromatic heterocycles. The van der Waals surface area contributed by atoms with Crippen LogP contribution in [-0.2, 0) is 11.3 Å². The second-order valence-electron chi connectivity index (χ2n) is 5.75. The number of methoxy groups -OCH3 is 1. The average molecular weight is 332 g/mol. The fourth-order valence-electron chi connectivity index (χ4n) is 1.87. The molecule has 6 heteroatoms. The summed E-state index contributed by atoms with van der Waals surface area (Å²) in [6.45, 7) is 5.37. The molecule has 2 aromatic rings. The molecular weight excluding hydrogens is 308 g/mol. The quantitative estimate of drug-likeness (QED) is 0.631. The Hall–Kier alpha value is -1.92. The predicted molar refractivity (Wildman–Crippen MR) is 96.8 cm³/mol. The topological polar surface area (TPSA) is 58.5 Å². The largest absolute Gasteiger partial charge is 0.377 e. The number of benzene rings is 1. The Morgan fingerprint density at radius 1 is 1.26 bits per heavy atom. The molecule has 0 atom stereocenters. The first-order chi connectivity index (χ1) is 11.0. The van der Waals surface area contributed by atoms with Gasteiger partial charge in [0.25, 0.3) is 0 Å². The number of aromatic nitrogens is 1. The number of ether oxygens (including phenoxy) is 1. The number of rotatable bonds is 6. The van der Waals surface area contributed by atoms with Gasteiger partial charge in [0.2, 0.25) is 0 Å². The van der Waals surface area contributed by atoms with Crippen LogP contribution in [-0.4, -0.2) is 37.2 Å². The number of nitrogens with zero attached hydrogens (tertiary/aromatic N) is 2. The number of nitrogens with one attached hydrogen (secondary N) is 2. The van der Waals surface area contributed by atoms with E-state index in [4.69, 9.17) is 4.74 Å². The van der Waals surface area contributed by atoms with Crippen LogP contribution in [0.5, 0.6) is 0 Å². The van der Waals surface area contributed by atoms with Gasteiger partial charge in [-0.05, 0) is 13.8 Å². The molecule has 0 bridgehead atoms. The third kappa shape index (κ3) is 5.33. The molecule has 124 valence electrons. The summed E-state index contributed by atoms with van der Waals surface area (Å²) in [5, 5.41) is 9.64. The zero-order chi connectivity index (χ0) is 16.7. The van der Waals surface area contributed by atoms with Gasteiger partial charge < -0.3 is 15.4 Å². The van der Waals surface area contributed by atoms with Crippen molar-refractivity contribution in [2.75, 3.05) is 20.7 Å². The number of guanidine groups is 1. The molecule has 0 spiro atoms. The molecule has 5 nitrogen and oxygen atoms in total. The van der Waals surface area contributed by atoms with Crippen LogP contribution in [0.2, 0.25) is 0 Å². The van der Waals surface area contributed by atoms with Crippen LogP contribution >= 0.6 is 11.3 Å². The van der Waals surface area contributed by atoms with Crippen molar-refractivity contribution in [2.24, 2.45) is 4.99 Å². The maximum absolute atomic E-state index is 5.39. The van der Waals surface area contributed by atoms with Crippen LogP contribution < -0.4 is 10.6 Å².